The van der Waals surface area contributed by atoms with Gasteiger partial charge in [-0.1, -0.05) is 48.7 Å². The summed E-state index contributed by atoms with van der Waals surface area (Å²) in [6, 6.07) is 6.59. The van der Waals surface area contributed by atoms with Crippen LogP contribution in [0.25, 0.3) is 0 Å². The Bertz CT molecular complexity index is 881. The molecular formula is C21H24Cl2N4O3. The molecule has 0 atom stereocenters. The summed E-state index contributed by atoms with van der Waals surface area (Å²) in [4.78, 5) is 32.8. The lowest BCUT2D eigenvalue weighted by Gasteiger charge is -2.36. The summed E-state index contributed by atoms with van der Waals surface area (Å²) in [5, 5.41) is 3.80. The summed E-state index contributed by atoms with van der Waals surface area (Å²) >= 11 is 12.5. The van der Waals surface area contributed by atoms with E-state index in [4.69, 9.17) is 27.9 Å². The number of amides is 2. The molecule has 1 fully saturated rings. The molecule has 2 aromatic rings. The van der Waals surface area contributed by atoms with Crippen molar-refractivity contribution in [3.8, 4) is 0 Å². The van der Waals surface area contributed by atoms with Crippen molar-refractivity contribution in [2.45, 2.75) is 19.8 Å². The molecule has 160 valence electrons. The number of aromatic nitrogens is 1. The van der Waals surface area contributed by atoms with Crippen LogP contribution in [0.15, 0.2) is 36.7 Å². The van der Waals surface area contributed by atoms with Crippen molar-refractivity contribution in [2.24, 2.45) is 0 Å². The Hall–Kier alpha value is -2.51. The Kier molecular flexibility index (Phi) is 7.76. The highest BCUT2D eigenvalue weighted by atomic mass is 35.5. The second-order valence-corrected chi connectivity index (χ2v) is 7.71. The van der Waals surface area contributed by atoms with E-state index in [1.807, 2.05) is 11.8 Å². The first-order valence-electron chi connectivity index (χ1n) is 9.87. The number of hydrogen-bond donors (Lipinski definition) is 1. The number of benzene rings is 1. The molecule has 1 saturated heterocycles. The third-order valence-electron chi connectivity index (χ3n) is 4.83. The zero-order valence-electron chi connectivity index (χ0n) is 16.7. The van der Waals surface area contributed by atoms with Crippen LogP contribution in [-0.2, 0) is 4.74 Å². The Morgan fingerprint density at radius 2 is 1.77 bits per heavy atom. The second-order valence-electron chi connectivity index (χ2n) is 6.89. The normalized spacial score (nSPS) is 13.8. The second kappa shape index (κ2) is 10.5. The summed E-state index contributed by atoms with van der Waals surface area (Å²) in [5.41, 5.74) is 1.51. The molecule has 0 saturated carbocycles. The number of urea groups is 1. The summed E-state index contributed by atoms with van der Waals surface area (Å²) in [5.74, 6) is -0.439. The van der Waals surface area contributed by atoms with Gasteiger partial charge in [-0.05, 0) is 18.6 Å². The van der Waals surface area contributed by atoms with E-state index in [2.05, 4.69) is 10.3 Å². The summed E-state index contributed by atoms with van der Waals surface area (Å²) in [6.45, 7) is 4.53. The number of rotatable bonds is 6. The number of halogens is 2. The molecular weight excluding hydrogens is 427 g/mol. The van der Waals surface area contributed by atoms with Gasteiger partial charge in [-0.15, -0.1) is 0 Å². The quantitative estimate of drug-likeness (QED) is 0.509. The van der Waals surface area contributed by atoms with Crippen LogP contribution in [0.5, 0.6) is 0 Å². The van der Waals surface area contributed by atoms with Crippen molar-refractivity contribution >= 4 is 46.6 Å². The van der Waals surface area contributed by atoms with Gasteiger partial charge in [0.1, 0.15) is 0 Å². The number of nitrogens with one attached hydrogen (secondary N) is 1. The third-order valence-corrected chi connectivity index (χ3v) is 5.38. The Morgan fingerprint density at radius 3 is 2.43 bits per heavy atom. The molecule has 1 aromatic carbocycles. The van der Waals surface area contributed by atoms with Gasteiger partial charge >= 0.3 is 12.0 Å². The van der Waals surface area contributed by atoms with Crippen LogP contribution < -0.4 is 10.2 Å². The number of hydrogen-bond acceptors (Lipinski definition) is 5. The zero-order chi connectivity index (χ0) is 21.5. The topological polar surface area (TPSA) is 74.8 Å². The fourth-order valence-corrected chi connectivity index (χ4v) is 3.79. The lowest BCUT2D eigenvalue weighted by Crippen LogP contribution is -2.50. The number of para-hydroxylation sites is 1. The van der Waals surface area contributed by atoms with Crippen LogP contribution >= 0.6 is 23.2 Å². The molecule has 0 spiro atoms. The van der Waals surface area contributed by atoms with Gasteiger partial charge in [0, 0.05) is 38.6 Å². The fourth-order valence-electron chi connectivity index (χ4n) is 3.19. The number of piperazine rings is 1. The highest BCUT2D eigenvalue weighted by molar-refractivity contribution is 6.38. The number of nitrogens with zero attached hydrogens (tertiary/aromatic N) is 3. The van der Waals surface area contributed by atoms with Crippen LogP contribution in [0.1, 0.15) is 30.1 Å². The van der Waals surface area contributed by atoms with Gasteiger partial charge in [-0.25, -0.2) is 9.59 Å². The molecule has 0 bridgehead atoms. The number of esters is 1. The predicted molar refractivity (Wildman–Crippen MR) is 119 cm³/mol. The Balaban J connectivity index is 1.61. The highest BCUT2D eigenvalue weighted by Crippen LogP contribution is 2.33. The van der Waals surface area contributed by atoms with Crippen LogP contribution in [-0.4, -0.2) is 54.7 Å². The van der Waals surface area contributed by atoms with E-state index in [1.54, 1.807) is 41.6 Å². The maximum absolute atomic E-state index is 12.8. The molecule has 2 amide bonds. The number of carbonyl (C=O) groups excluding carboxylic acids is 2. The number of ether oxygens (including phenoxy) is 1. The molecule has 1 N–H and O–H groups in total. The van der Waals surface area contributed by atoms with Crippen LogP contribution in [0, 0.1) is 0 Å². The zero-order valence-corrected chi connectivity index (χ0v) is 18.2. The van der Waals surface area contributed by atoms with Crippen LogP contribution in [0.4, 0.5) is 16.2 Å². The standard InChI is InChI=1S/C21H24Cl2N4O3/c1-2-3-12-30-20(28)15-6-4-5-7-18(15)25-21(29)27-10-8-26(9-11-27)19-16(22)13-24-14-17(19)23/h4-7,13-14H,2-3,8-12H2,1H3,(H,25,29). The molecule has 3 rings (SSSR count). The van der Waals surface area contributed by atoms with Crippen molar-refractivity contribution in [3.05, 3.63) is 52.3 Å². The summed E-state index contributed by atoms with van der Waals surface area (Å²) in [6.07, 6.45) is 4.85. The van der Waals surface area contributed by atoms with E-state index in [1.165, 1.54) is 0 Å². The van der Waals surface area contributed by atoms with E-state index >= 15 is 0 Å². The Morgan fingerprint density at radius 1 is 1.10 bits per heavy atom. The van der Waals surface area contributed by atoms with Gasteiger partial charge in [-0.2, -0.15) is 0 Å². The molecule has 1 aliphatic heterocycles. The van der Waals surface area contributed by atoms with Crippen molar-refractivity contribution in [2.75, 3.05) is 43.0 Å². The summed E-state index contributed by atoms with van der Waals surface area (Å²) < 4.78 is 5.28. The minimum Gasteiger partial charge on any atom is -0.462 e. The lowest BCUT2D eigenvalue weighted by molar-refractivity contribution is 0.0501. The monoisotopic (exact) mass is 450 g/mol. The first-order valence-corrected chi connectivity index (χ1v) is 10.6. The molecule has 2 heterocycles. The van der Waals surface area contributed by atoms with Gasteiger partial charge in [0.25, 0.3) is 0 Å². The maximum Gasteiger partial charge on any atom is 0.340 e. The molecule has 0 radical (unpaired) electrons. The van der Waals surface area contributed by atoms with Crippen molar-refractivity contribution < 1.29 is 14.3 Å². The minimum absolute atomic E-state index is 0.268. The number of carbonyl (C=O) groups is 2. The molecule has 0 unspecified atom stereocenters. The highest BCUT2D eigenvalue weighted by Gasteiger charge is 2.25. The third kappa shape index (κ3) is 5.34. The maximum atomic E-state index is 12.8. The van der Waals surface area contributed by atoms with Crippen molar-refractivity contribution in [3.63, 3.8) is 0 Å². The van der Waals surface area contributed by atoms with Gasteiger partial charge < -0.3 is 19.9 Å². The number of unbranched alkanes of at least 4 members (excludes halogenated alkanes) is 1. The SMILES string of the molecule is CCCCOC(=O)c1ccccc1NC(=O)N1CCN(c2c(Cl)cncc2Cl)CC1. The van der Waals surface area contributed by atoms with Crippen molar-refractivity contribution in [1.82, 2.24) is 9.88 Å². The van der Waals surface area contributed by atoms with Gasteiger partial charge in [0.05, 0.1) is 33.6 Å². The predicted octanol–water partition coefficient (Wildman–Crippen LogP) is 4.70. The van der Waals surface area contributed by atoms with Gasteiger partial charge in [0.2, 0.25) is 0 Å². The first kappa shape index (κ1) is 22.2. The average molecular weight is 451 g/mol. The number of pyridine rings is 1. The van der Waals surface area contributed by atoms with E-state index in [0.29, 0.717) is 54.1 Å². The van der Waals surface area contributed by atoms with E-state index < -0.39 is 5.97 Å². The Labute approximate surface area is 185 Å². The largest absolute Gasteiger partial charge is 0.462 e. The molecule has 30 heavy (non-hydrogen) atoms. The van der Waals surface area contributed by atoms with E-state index in [-0.39, 0.29) is 6.03 Å². The molecule has 9 heteroatoms. The van der Waals surface area contributed by atoms with Crippen molar-refractivity contribution in [1.29, 1.82) is 0 Å². The molecule has 1 aliphatic rings. The van der Waals surface area contributed by atoms with E-state index in [0.717, 1.165) is 18.5 Å². The molecule has 0 aliphatic carbocycles. The van der Waals surface area contributed by atoms with Crippen LogP contribution in [0.3, 0.4) is 0 Å². The molecule has 7 nitrogen and oxygen atoms in total. The summed E-state index contributed by atoms with van der Waals surface area (Å²) in [7, 11) is 0. The van der Waals surface area contributed by atoms with Crippen LogP contribution in [0.2, 0.25) is 10.0 Å². The minimum atomic E-state index is -0.439. The van der Waals surface area contributed by atoms with E-state index in [9.17, 15) is 9.59 Å². The smallest absolute Gasteiger partial charge is 0.340 e. The number of anilines is 2. The molecule has 1 aromatic heterocycles. The van der Waals surface area contributed by atoms with Gasteiger partial charge in [-0.3, -0.25) is 4.98 Å². The fraction of sp³-hybridized carbons (Fsp3) is 0.381. The first-order chi connectivity index (χ1) is 14.5. The van der Waals surface area contributed by atoms with Gasteiger partial charge in [0.15, 0.2) is 0 Å². The average Bonchev–Trinajstić information content (AvgIpc) is 2.74. The lowest BCUT2D eigenvalue weighted by atomic mass is 10.2.